The third-order valence-corrected chi connectivity index (χ3v) is 2.87. The zero-order chi connectivity index (χ0) is 9.05. The van der Waals surface area contributed by atoms with Crippen molar-refractivity contribution in [3.8, 4) is 0 Å². The second-order valence-corrected chi connectivity index (χ2v) is 3.72. The topological polar surface area (TPSA) is 38.7 Å². The maximum atomic E-state index is 11.5. The number of esters is 1. The van der Waals surface area contributed by atoms with Crippen molar-refractivity contribution >= 4 is 11.9 Å². The van der Waals surface area contributed by atoms with Crippen molar-refractivity contribution in [2.45, 2.75) is 18.9 Å². The van der Waals surface area contributed by atoms with Crippen LogP contribution in [0.4, 0.5) is 0 Å². The lowest BCUT2D eigenvalue weighted by atomic mass is 9.98. The maximum absolute atomic E-state index is 11.5. The van der Waals surface area contributed by atoms with Gasteiger partial charge in [-0.05, 0) is 12.5 Å². The van der Waals surface area contributed by atoms with Crippen molar-refractivity contribution in [2.24, 2.45) is 10.9 Å². The first-order valence-electron chi connectivity index (χ1n) is 4.40. The summed E-state index contributed by atoms with van der Waals surface area (Å²) in [4.78, 5) is 15.9. The van der Waals surface area contributed by atoms with E-state index in [-0.39, 0.29) is 11.5 Å². The highest BCUT2D eigenvalue weighted by molar-refractivity contribution is 6.03. The Kier molecular flexibility index (Phi) is 1.04. The van der Waals surface area contributed by atoms with Crippen molar-refractivity contribution in [2.75, 3.05) is 0 Å². The summed E-state index contributed by atoms with van der Waals surface area (Å²) in [6, 6.07) is 0. The van der Waals surface area contributed by atoms with Crippen LogP contribution >= 0.6 is 0 Å². The quantitative estimate of drug-likeness (QED) is 0.519. The minimum Gasteiger partial charge on any atom is -0.409 e. The first-order valence-corrected chi connectivity index (χ1v) is 4.40. The molecule has 3 aliphatic rings. The van der Waals surface area contributed by atoms with Crippen LogP contribution in [0.15, 0.2) is 28.8 Å². The number of carbonyl (C=O) groups excluding carboxylic acids is 1. The zero-order valence-electron chi connectivity index (χ0n) is 7.28. The third kappa shape index (κ3) is 0.742. The average Bonchev–Trinajstić information content (AvgIpc) is 2.74. The minimum atomic E-state index is -0.228. The number of rotatable bonds is 0. The lowest BCUT2D eigenvalue weighted by molar-refractivity contribution is -0.132. The first kappa shape index (κ1) is 7.06. The zero-order valence-corrected chi connectivity index (χ0v) is 7.28. The summed E-state index contributed by atoms with van der Waals surface area (Å²) < 4.78 is 4.96. The third-order valence-electron chi connectivity index (χ3n) is 2.87. The molecule has 2 atom stereocenters. The van der Waals surface area contributed by atoms with Gasteiger partial charge in [0.2, 0.25) is 0 Å². The van der Waals surface area contributed by atoms with Gasteiger partial charge in [0.1, 0.15) is 5.54 Å². The van der Waals surface area contributed by atoms with Crippen LogP contribution in [0.3, 0.4) is 0 Å². The summed E-state index contributed by atoms with van der Waals surface area (Å²) in [6.07, 6.45) is 6.81. The Morgan fingerprint density at radius 2 is 2.54 bits per heavy atom. The summed E-state index contributed by atoms with van der Waals surface area (Å²) in [5.41, 5.74) is 0.499. The second-order valence-electron chi connectivity index (χ2n) is 3.72. The van der Waals surface area contributed by atoms with Crippen LogP contribution in [0, 0.1) is 5.92 Å². The number of cyclic esters (lactones) is 1. The highest BCUT2D eigenvalue weighted by Crippen LogP contribution is 2.56. The van der Waals surface area contributed by atoms with Gasteiger partial charge in [-0.15, -0.1) is 0 Å². The summed E-state index contributed by atoms with van der Waals surface area (Å²) in [7, 11) is 0. The largest absolute Gasteiger partial charge is 0.409 e. The number of hydrogen-bond donors (Lipinski definition) is 0. The van der Waals surface area contributed by atoms with E-state index < -0.39 is 0 Å². The van der Waals surface area contributed by atoms with Gasteiger partial charge in [-0.25, -0.2) is 9.79 Å². The fourth-order valence-corrected chi connectivity index (χ4v) is 2.17. The molecule has 2 unspecified atom stereocenters. The van der Waals surface area contributed by atoms with Crippen molar-refractivity contribution in [3.05, 3.63) is 23.8 Å². The number of hydrogen-bond acceptors (Lipinski definition) is 3. The average molecular weight is 175 g/mol. The normalized spacial score (nSPS) is 39.8. The molecule has 1 heterocycles. The molecule has 1 saturated carbocycles. The van der Waals surface area contributed by atoms with Crippen LogP contribution in [0.2, 0.25) is 0 Å². The fraction of sp³-hybridized carbons (Fsp3) is 0.400. The summed E-state index contributed by atoms with van der Waals surface area (Å²) in [5.74, 6) is 0.703. The van der Waals surface area contributed by atoms with E-state index in [0.29, 0.717) is 11.8 Å². The molecule has 0 N–H and O–H groups in total. The predicted molar refractivity (Wildman–Crippen MR) is 47.3 cm³/mol. The van der Waals surface area contributed by atoms with Gasteiger partial charge in [-0.3, -0.25) is 0 Å². The molecule has 2 aliphatic carbocycles. The van der Waals surface area contributed by atoms with Gasteiger partial charge in [0.15, 0.2) is 5.90 Å². The Morgan fingerprint density at radius 3 is 3.38 bits per heavy atom. The molecule has 3 nitrogen and oxygen atoms in total. The van der Waals surface area contributed by atoms with Gasteiger partial charge < -0.3 is 4.74 Å². The second kappa shape index (κ2) is 1.92. The number of carbonyl (C=O) groups is 1. The molecule has 1 spiro atoms. The van der Waals surface area contributed by atoms with Crippen LogP contribution in [-0.2, 0) is 9.53 Å². The van der Waals surface area contributed by atoms with E-state index in [2.05, 4.69) is 11.1 Å². The number of allylic oxidation sites excluding steroid dienone is 2. The molecule has 1 aliphatic heterocycles. The molecule has 0 radical (unpaired) electrons. The minimum absolute atomic E-state index is 0.223. The molecule has 0 amide bonds. The van der Waals surface area contributed by atoms with E-state index in [0.717, 1.165) is 12.0 Å². The van der Waals surface area contributed by atoms with Crippen molar-refractivity contribution in [3.63, 3.8) is 0 Å². The standard InChI is InChI=1S/C10H9NO2/c1-6-11-10-5-7(10)3-2-4-8(10)9(12)13-6/h2-4,7H,5H2,1H3. The number of ether oxygens (including phenoxy) is 1. The van der Waals surface area contributed by atoms with Gasteiger partial charge in [0, 0.05) is 12.8 Å². The van der Waals surface area contributed by atoms with Crippen molar-refractivity contribution in [1.29, 1.82) is 0 Å². The summed E-state index contributed by atoms with van der Waals surface area (Å²) in [6.45, 7) is 1.73. The molecule has 0 saturated heterocycles. The van der Waals surface area contributed by atoms with Crippen LogP contribution in [0.1, 0.15) is 13.3 Å². The van der Waals surface area contributed by atoms with Gasteiger partial charge in [0.05, 0.1) is 5.57 Å². The van der Waals surface area contributed by atoms with E-state index in [4.69, 9.17) is 4.74 Å². The Morgan fingerprint density at radius 1 is 1.69 bits per heavy atom. The Hall–Kier alpha value is -1.38. The van der Waals surface area contributed by atoms with Crippen LogP contribution in [0.25, 0.3) is 0 Å². The van der Waals surface area contributed by atoms with Gasteiger partial charge in [-0.1, -0.05) is 12.2 Å². The maximum Gasteiger partial charge on any atom is 0.342 e. The monoisotopic (exact) mass is 175 g/mol. The van der Waals surface area contributed by atoms with E-state index >= 15 is 0 Å². The molecule has 0 aromatic heterocycles. The van der Waals surface area contributed by atoms with Crippen molar-refractivity contribution < 1.29 is 9.53 Å². The van der Waals surface area contributed by atoms with E-state index in [1.807, 2.05) is 12.2 Å². The molecule has 3 rings (SSSR count). The molecule has 3 heteroatoms. The molecule has 0 aromatic carbocycles. The van der Waals surface area contributed by atoms with Gasteiger partial charge >= 0.3 is 5.97 Å². The Labute approximate surface area is 75.8 Å². The smallest absolute Gasteiger partial charge is 0.342 e. The molecule has 66 valence electrons. The van der Waals surface area contributed by atoms with Crippen molar-refractivity contribution in [1.82, 2.24) is 0 Å². The summed E-state index contributed by atoms with van der Waals surface area (Å²) >= 11 is 0. The van der Waals surface area contributed by atoms with Crippen LogP contribution < -0.4 is 0 Å². The Balaban J connectivity index is 2.17. The molecule has 13 heavy (non-hydrogen) atoms. The highest BCUT2D eigenvalue weighted by Gasteiger charge is 2.60. The highest BCUT2D eigenvalue weighted by atomic mass is 16.5. The van der Waals surface area contributed by atoms with E-state index in [9.17, 15) is 4.79 Å². The summed E-state index contributed by atoms with van der Waals surface area (Å²) in [5, 5.41) is 0. The first-order chi connectivity index (χ1) is 6.22. The molecule has 0 bridgehead atoms. The lowest BCUT2D eigenvalue weighted by Gasteiger charge is -2.22. The molecular formula is C10H9NO2. The molecule has 1 fully saturated rings. The van der Waals surface area contributed by atoms with E-state index in [1.54, 1.807) is 6.92 Å². The van der Waals surface area contributed by atoms with Gasteiger partial charge in [0.25, 0.3) is 0 Å². The Bertz CT molecular complexity index is 392. The van der Waals surface area contributed by atoms with Crippen LogP contribution in [-0.4, -0.2) is 17.4 Å². The predicted octanol–water partition coefficient (Wildman–Crippen LogP) is 1.22. The molecular weight excluding hydrogens is 166 g/mol. The SMILES string of the molecule is CC1=NC23CC2C=CC=C3C(=O)O1. The van der Waals surface area contributed by atoms with E-state index in [1.165, 1.54) is 0 Å². The molecule has 0 aromatic rings. The van der Waals surface area contributed by atoms with Gasteiger partial charge in [-0.2, -0.15) is 0 Å². The number of aliphatic imine (C=N–C) groups is 1. The number of nitrogens with zero attached hydrogens (tertiary/aromatic N) is 1. The van der Waals surface area contributed by atoms with Crippen LogP contribution in [0.5, 0.6) is 0 Å². The fourth-order valence-electron chi connectivity index (χ4n) is 2.17. The lowest BCUT2D eigenvalue weighted by Crippen LogP contribution is -2.31.